The first-order valence-electron chi connectivity index (χ1n) is 7.71. The summed E-state index contributed by atoms with van der Waals surface area (Å²) in [7, 11) is 0. The van der Waals surface area contributed by atoms with Crippen molar-refractivity contribution >= 4 is 11.3 Å². The predicted octanol–water partition coefficient (Wildman–Crippen LogP) is 3.09. The smallest absolute Gasteiger partial charge is 0.0645 e. The molecule has 0 saturated heterocycles. The molecule has 0 unspecified atom stereocenters. The van der Waals surface area contributed by atoms with Crippen LogP contribution in [0.3, 0.4) is 0 Å². The Morgan fingerprint density at radius 2 is 2.32 bits per heavy atom. The lowest BCUT2D eigenvalue weighted by atomic mass is 10.1. The standard InChI is InChI=1S/C17H23N3OS/c1-3-8-21-13-15-9-19(12-17-5-4-14(2)22-17)11-16-6-7-18-20(16)10-15/h3-7,15H,1,8-13H2,2H3/t15-/m0/s1. The summed E-state index contributed by atoms with van der Waals surface area (Å²) in [5, 5.41) is 4.46. The third kappa shape index (κ3) is 3.85. The van der Waals surface area contributed by atoms with E-state index < -0.39 is 0 Å². The van der Waals surface area contributed by atoms with E-state index in [0.29, 0.717) is 12.5 Å². The number of thiophene rings is 1. The summed E-state index contributed by atoms with van der Waals surface area (Å²) >= 11 is 1.89. The van der Waals surface area contributed by atoms with Gasteiger partial charge in [-0.15, -0.1) is 17.9 Å². The molecule has 3 heterocycles. The highest BCUT2D eigenvalue weighted by Gasteiger charge is 2.22. The Morgan fingerprint density at radius 1 is 1.41 bits per heavy atom. The van der Waals surface area contributed by atoms with Crippen LogP contribution >= 0.6 is 11.3 Å². The van der Waals surface area contributed by atoms with Gasteiger partial charge in [0.15, 0.2) is 0 Å². The minimum atomic E-state index is 0.460. The topological polar surface area (TPSA) is 30.3 Å². The second-order valence-electron chi connectivity index (χ2n) is 5.88. The van der Waals surface area contributed by atoms with E-state index in [-0.39, 0.29) is 0 Å². The van der Waals surface area contributed by atoms with Crippen LogP contribution in [-0.2, 0) is 24.4 Å². The van der Waals surface area contributed by atoms with E-state index >= 15 is 0 Å². The zero-order valence-electron chi connectivity index (χ0n) is 13.1. The molecule has 22 heavy (non-hydrogen) atoms. The van der Waals surface area contributed by atoms with Crippen molar-refractivity contribution in [2.24, 2.45) is 5.92 Å². The summed E-state index contributed by atoms with van der Waals surface area (Å²) in [4.78, 5) is 5.31. The molecule has 0 bridgehead atoms. The van der Waals surface area contributed by atoms with Crippen molar-refractivity contribution in [1.82, 2.24) is 14.7 Å². The largest absolute Gasteiger partial charge is 0.377 e. The van der Waals surface area contributed by atoms with Crippen LogP contribution < -0.4 is 0 Å². The molecule has 1 atom stereocenters. The molecule has 2 aromatic rings. The molecule has 0 N–H and O–H groups in total. The maximum atomic E-state index is 5.69. The number of aromatic nitrogens is 2. The molecule has 0 fully saturated rings. The molecule has 118 valence electrons. The van der Waals surface area contributed by atoms with Crippen LogP contribution in [0.5, 0.6) is 0 Å². The van der Waals surface area contributed by atoms with Gasteiger partial charge in [-0.25, -0.2) is 0 Å². The quantitative estimate of drug-likeness (QED) is 0.606. The van der Waals surface area contributed by atoms with Gasteiger partial charge in [0.05, 0.1) is 18.9 Å². The van der Waals surface area contributed by atoms with Crippen molar-refractivity contribution in [3.63, 3.8) is 0 Å². The average Bonchev–Trinajstić information content (AvgIpc) is 3.05. The van der Waals surface area contributed by atoms with Crippen LogP contribution in [0.15, 0.2) is 37.1 Å². The monoisotopic (exact) mass is 317 g/mol. The summed E-state index contributed by atoms with van der Waals surface area (Å²) in [6.07, 6.45) is 3.71. The highest BCUT2D eigenvalue weighted by Crippen LogP contribution is 2.22. The van der Waals surface area contributed by atoms with E-state index in [2.05, 4.69) is 46.4 Å². The van der Waals surface area contributed by atoms with Crippen molar-refractivity contribution in [2.75, 3.05) is 19.8 Å². The second-order valence-corrected chi connectivity index (χ2v) is 7.25. The Balaban J connectivity index is 1.70. The van der Waals surface area contributed by atoms with Gasteiger partial charge in [0.1, 0.15) is 0 Å². The molecule has 2 aromatic heterocycles. The van der Waals surface area contributed by atoms with Crippen molar-refractivity contribution in [3.05, 3.63) is 52.5 Å². The molecule has 0 spiro atoms. The van der Waals surface area contributed by atoms with Gasteiger partial charge in [-0.05, 0) is 25.1 Å². The molecule has 1 aliphatic heterocycles. The SMILES string of the molecule is C=CCOC[C@H]1CN(Cc2ccc(C)s2)Cc2ccnn2C1. The van der Waals surface area contributed by atoms with Crippen molar-refractivity contribution in [2.45, 2.75) is 26.6 Å². The molecule has 3 rings (SSSR count). The van der Waals surface area contributed by atoms with Gasteiger partial charge in [-0.3, -0.25) is 9.58 Å². The van der Waals surface area contributed by atoms with Crippen molar-refractivity contribution < 1.29 is 4.74 Å². The van der Waals surface area contributed by atoms with E-state index in [1.165, 1.54) is 15.4 Å². The fourth-order valence-electron chi connectivity index (χ4n) is 2.95. The van der Waals surface area contributed by atoms with Gasteiger partial charge in [-0.1, -0.05) is 6.08 Å². The van der Waals surface area contributed by atoms with E-state index in [0.717, 1.165) is 32.8 Å². The highest BCUT2D eigenvalue weighted by atomic mass is 32.1. The molecule has 1 aliphatic rings. The number of hydrogen-bond acceptors (Lipinski definition) is 4. The van der Waals surface area contributed by atoms with Gasteiger partial charge in [-0.2, -0.15) is 5.10 Å². The normalized spacial score (nSPS) is 18.9. The van der Waals surface area contributed by atoms with Crippen LogP contribution in [0.4, 0.5) is 0 Å². The third-order valence-electron chi connectivity index (χ3n) is 3.90. The molecular formula is C17H23N3OS. The molecule has 5 heteroatoms. The number of fused-ring (bicyclic) bond motifs is 1. The fraction of sp³-hybridized carbons (Fsp3) is 0.471. The first kappa shape index (κ1) is 15.5. The maximum Gasteiger partial charge on any atom is 0.0645 e. The molecule has 0 amide bonds. The van der Waals surface area contributed by atoms with Crippen LogP contribution in [0.2, 0.25) is 0 Å². The molecule has 0 saturated carbocycles. The molecule has 0 radical (unpaired) electrons. The van der Waals surface area contributed by atoms with Crippen molar-refractivity contribution in [3.8, 4) is 0 Å². The van der Waals surface area contributed by atoms with Gasteiger partial charge in [0, 0.05) is 48.0 Å². The summed E-state index contributed by atoms with van der Waals surface area (Å²) < 4.78 is 7.82. The molecule has 0 aliphatic carbocycles. The fourth-order valence-corrected chi connectivity index (χ4v) is 3.89. The summed E-state index contributed by atoms with van der Waals surface area (Å²) in [6, 6.07) is 6.57. The maximum absolute atomic E-state index is 5.69. The van der Waals surface area contributed by atoms with E-state index in [9.17, 15) is 0 Å². The molecular weight excluding hydrogens is 294 g/mol. The number of ether oxygens (including phenoxy) is 1. The van der Waals surface area contributed by atoms with Crippen LogP contribution in [-0.4, -0.2) is 34.4 Å². The molecule has 4 nitrogen and oxygen atoms in total. The summed E-state index contributed by atoms with van der Waals surface area (Å²) in [5.41, 5.74) is 1.29. The van der Waals surface area contributed by atoms with Crippen LogP contribution in [0.25, 0.3) is 0 Å². The van der Waals surface area contributed by atoms with Crippen molar-refractivity contribution in [1.29, 1.82) is 0 Å². The number of rotatable bonds is 6. The minimum Gasteiger partial charge on any atom is -0.377 e. The Morgan fingerprint density at radius 3 is 3.09 bits per heavy atom. The first-order chi connectivity index (χ1) is 10.7. The predicted molar refractivity (Wildman–Crippen MR) is 89.9 cm³/mol. The lowest BCUT2D eigenvalue weighted by Crippen LogP contribution is -2.29. The molecule has 0 aromatic carbocycles. The summed E-state index contributed by atoms with van der Waals surface area (Å²) in [5.74, 6) is 0.460. The van der Waals surface area contributed by atoms with Crippen LogP contribution in [0, 0.1) is 12.8 Å². The van der Waals surface area contributed by atoms with Gasteiger partial charge >= 0.3 is 0 Å². The van der Waals surface area contributed by atoms with Gasteiger partial charge in [0.25, 0.3) is 0 Å². The zero-order valence-corrected chi connectivity index (χ0v) is 13.9. The van der Waals surface area contributed by atoms with E-state index in [1.54, 1.807) is 0 Å². The van der Waals surface area contributed by atoms with E-state index in [1.807, 2.05) is 23.6 Å². The number of hydrogen-bond donors (Lipinski definition) is 0. The lowest BCUT2D eigenvalue weighted by molar-refractivity contribution is 0.0935. The average molecular weight is 317 g/mol. The minimum absolute atomic E-state index is 0.460. The van der Waals surface area contributed by atoms with E-state index in [4.69, 9.17) is 4.74 Å². The lowest BCUT2D eigenvalue weighted by Gasteiger charge is -2.23. The Hall–Kier alpha value is -1.43. The first-order valence-corrected chi connectivity index (χ1v) is 8.53. The number of aryl methyl sites for hydroxylation is 1. The third-order valence-corrected chi connectivity index (χ3v) is 4.89. The number of nitrogens with zero attached hydrogens (tertiary/aromatic N) is 3. The second kappa shape index (κ2) is 7.22. The highest BCUT2D eigenvalue weighted by molar-refractivity contribution is 7.11. The summed E-state index contributed by atoms with van der Waals surface area (Å²) in [6.45, 7) is 11.2. The Labute approximate surface area is 136 Å². The van der Waals surface area contributed by atoms with Gasteiger partial charge in [0.2, 0.25) is 0 Å². The zero-order chi connectivity index (χ0) is 15.4. The Bertz CT molecular complexity index is 619. The van der Waals surface area contributed by atoms with Crippen LogP contribution in [0.1, 0.15) is 15.4 Å². The Kier molecular flexibility index (Phi) is 5.08. The van der Waals surface area contributed by atoms with Gasteiger partial charge < -0.3 is 4.74 Å².